The Morgan fingerprint density at radius 3 is 2.57 bits per heavy atom. The maximum Gasteiger partial charge on any atom is 0.338 e. The average Bonchev–Trinajstić information content (AvgIpc) is 2.73. The third-order valence-electron chi connectivity index (χ3n) is 4.95. The lowest BCUT2D eigenvalue weighted by molar-refractivity contribution is 0.0526. The Hall–Kier alpha value is -1.79. The van der Waals surface area contributed by atoms with E-state index >= 15 is 0 Å². The van der Waals surface area contributed by atoms with Crippen molar-refractivity contribution in [2.24, 2.45) is 5.92 Å². The van der Waals surface area contributed by atoms with E-state index in [2.05, 4.69) is 15.1 Å². The quantitative estimate of drug-likeness (QED) is 0.337. The summed E-state index contributed by atoms with van der Waals surface area (Å²) >= 11 is 7.66. The Morgan fingerprint density at radius 2 is 1.93 bits per heavy atom. The number of esters is 1. The number of hydrogen-bond acceptors (Lipinski definition) is 6. The predicted octanol–water partition coefficient (Wildman–Crippen LogP) is 5.10. The van der Waals surface area contributed by atoms with Gasteiger partial charge >= 0.3 is 5.97 Å². The molecule has 1 aromatic carbocycles. The first-order valence-corrected chi connectivity index (χ1v) is 11.2. The number of hydrogen-bond donors (Lipinski definition) is 0. The molecule has 150 valence electrons. The Balaban J connectivity index is 1.34. The number of nitrogens with zero attached hydrogens (tertiary/aromatic N) is 3. The summed E-state index contributed by atoms with van der Waals surface area (Å²) in [4.78, 5) is 15.2. The molecule has 0 bridgehead atoms. The van der Waals surface area contributed by atoms with E-state index in [9.17, 15) is 4.79 Å². The minimum Gasteiger partial charge on any atom is -0.462 e. The number of thioether (sulfide) groups is 1. The molecule has 0 radical (unpaired) electrons. The van der Waals surface area contributed by atoms with Crippen LogP contribution in [0.2, 0.25) is 5.15 Å². The molecule has 1 aliphatic heterocycles. The molecule has 0 aliphatic carbocycles. The average molecular weight is 420 g/mol. The number of carbonyl (C=O) groups is 1. The molecular formula is C21H26ClN3O2S. The smallest absolute Gasteiger partial charge is 0.338 e. The topological polar surface area (TPSA) is 55.3 Å². The molecule has 0 saturated carbocycles. The number of ether oxygens (including phenoxy) is 1. The summed E-state index contributed by atoms with van der Waals surface area (Å²) in [5.74, 6) is 2.55. The highest BCUT2D eigenvalue weighted by Crippen LogP contribution is 2.27. The van der Waals surface area contributed by atoms with Gasteiger partial charge < -0.3 is 9.64 Å². The molecular weight excluding hydrogens is 394 g/mol. The van der Waals surface area contributed by atoms with Crippen LogP contribution in [-0.2, 0) is 4.74 Å². The van der Waals surface area contributed by atoms with Gasteiger partial charge in [-0.1, -0.05) is 11.6 Å². The van der Waals surface area contributed by atoms with Crippen molar-refractivity contribution in [3.8, 4) is 0 Å². The number of aromatic nitrogens is 2. The van der Waals surface area contributed by atoms with Crippen molar-refractivity contribution in [1.82, 2.24) is 10.2 Å². The number of anilines is 1. The van der Waals surface area contributed by atoms with Crippen molar-refractivity contribution in [1.29, 1.82) is 0 Å². The van der Waals surface area contributed by atoms with Crippen LogP contribution in [-0.4, -0.2) is 41.6 Å². The van der Waals surface area contributed by atoms with Crippen LogP contribution in [0.25, 0.3) is 0 Å². The molecule has 0 amide bonds. The third kappa shape index (κ3) is 6.11. The highest BCUT2D eigenvalue weighted by atomic mass is 35.5. The number of benzene rings is 1. The van der Waals surface area contributed by atoms with Crippen molar-refractivity contribution in [2.75, 3.05) is 30.3 Å². The van der Waals surface area contributed by atoms with Gasteiger partial charge in [-0.15, -0.1) is 22.0 Å². The van der Waals surface area contributed by atoms with Crippen molar-refractivity contribution in [2.45, 2.75) is 37.5 Å². The van der Waals surface area contributed by atoms with Gasteiger partial charge in [0.1, 0.15) is 0 Å². The lowest BCUT2D eigenvalue weighted by Gasteiger charge is -2.32. The zero-order chi connectivity index (χ0) is 19.8. The van der Waals surface area contributed by atoms with Crippen LogP contribution in [0.15, 0.2) is 41.3 Å². The summed E-state index contributed by atoms with van der Waals surface area (Å²) in [6.07, 6.45) is 4.86. The Morgan fingerprint density at radius 1 is 1.18 bits per heavy atom. The Bertz CT molecular complexity index is 747. The first kappa shape index (κ1) is 20.9. The Labute approximate surface area is 175 Å². The van der Waals surface area contributed by atoms with Crippen LogP contribution in [0.1, 0.15) is 43.0 Å². The van der Waals surface area contributed by atoms with Gasteiger partial charge in [-0.3, -0.25) is 0 Å². The van der Waals surface area contributed by atoms with Crippen molar-refractivity contribution < 1.29 is 9.53 Å². The number of halogens is 1. The van der Waals surface area contributed by atoms with Gasteiger partial charge in [-0.25, -0.2) is 4.79 Å². The highest BCUT2D eigenvalue weighted by Gasteiger charge is 2.20. The normalized spacial score (nSPS) is 14.9. The molecule has 5 nitrogen and oxygen atoms in total. The first-order valence-electron chi connectivity index (χ1n) is 9.80. The van der Waals surface area contributed by atoms with Crippen molar-refractivity contribution >= 4 is 35.1 Å². The summed E-state index contributed by atoms with van der Waals surface area (Å²) in [6.45, 7) is 4.28. The van der Waals surface area contributed by atoms with Crippen LogP contribution in [0.5, 0.6) is 0 Å². The van der Waals surface area contributed by atoms with Gasteiger partial charge in [-0.2, -0.15) is 0 Å². The standard InChI is InChI=1S/C21H26ClN3O2S/c1-2-27-21(26)17-5-7-18(8-6-17)28-15-3-4-16-11-13-25(14-12-16)20-10-9-19(22)23-24-20/h5-10,16H,2-4,11-15H2,1H3. The van der Waals surface area contributed by atoms with E-state index in [0.717, 1.165) is 30.6 Å². The maximum absolute atomic E-state index is 11.7. The number of piperidine rings is 1. The Kier molecular flexibility index (Phi) is 7.98. The molecule has 0 atom stereocenters. The second-order valence-electron chi connectivity index (χ2n) is 6.88. The van der Waals surface area contributed by atoms with E-state index in [1.54, 1.807) is 6.07 Å². The third-order valence-corrected chi connectivity index (χ3v) is 6.25. The summed E-state index contributed by atoms with van der Waals surface area (Å²) in [5.41, 5.74) is 0.614. The van der Waals surface area contributed by atoms with Crippen LogP contribution in [0.3, 0.4) is 0 Å². The zero-order valence-corrected chi connectivity index (χ0v) is 17.7. The summed E-state index contributed by atoms with van der Waals surface area (Å²) in [7, 11) is 0. The van der Waals surface area contributed by atoms with E-state index < -0.39 is 0 Å². The molecule has 1 fully saturated rings. The van der Waals surface area contributed by atoms with E-state index in [1.165, 1.54) is 30.6 Å². The second kappa shape index (κ2) is 10.7. The van der Waals surface area contributed by atoms with Gasteiger partial charge in [0.2, 0.25) is 0 Å². The molecule has 0 N–H and O–H groups in total. The molecule has 2 aromatic rings. The first-order chi connectivity index (χ1) is 13.7. The largest absolute Gasteiger partial charge is 0.462 e. The molecule has 0 unspecified atom stereocenters. The monoisotopic (exact) mass is 419 g/mol. The second-order valence-corrected chi connectivity index (χ2v) is 8.44. The van der Waals surface area contributed by atoms with Crippen molar-refractivity contribution in [3.63, 3.8) is 0 Å². The van der Waals surface area contributed by atoms with Gasteiger partial charge in [-0.05, 0) is 80.7 Å². The SMILES string of the molecule is CCOC(=O)c1ccc(SCCCC2CCN(c3ccc(Cl)nn3)CC2)cc1. The molecule has 3 rings (SSSR count). The molecule has 1 saturated heterocycles. The van der Waals surface area contributed by atoms with Crippen molar-refractivity contribution in [3.05, 3.63) is 47.1 Å². The fourth-order valence-corrected chi connectivity index (χ4v) is 4.37. The molecule has 0 spiro atoms. The van der Waals surface area contributed by atoms with E-state index in [1.807, 2.05) is 49.0 Å². The summed E-state index contributed by atoms with van der Waals surface area (Å²) < 4.78 is 5.01. The lowest BCUT2D eigenvalue weighted by atomic mass is 9.92. The predicted molar refractivity (Wildman–Crippen MR) is 114 cm³/mol. The minimum atomic E-state index is -0.255. The summed E-state index contributed by atoms with van der Waals surface area (Å²) in [6, 6.07) is 11.4. The highest BCUT2D eigenvalue weighted by molar-refractivity contribution is 7.99. The fraction of sp³-hybridized carbons (Fsp3) is 0.476. The van der Waals surface area contributed by atoms with Gasteiger partial charge in [0.25, 0.3) is 0 Å². The van der Waals surface area contributed by atoms with Crippen LogP contribution in [0.4, 0.5) is 5.82 Å². The van der Waals surface area contributed by atoms with E-state index in [4.69, 9.17) is 16.3 Å². The lowest BCUT2D eigenvalue weighted by Crippen LogP contribution is -2.34. The van der Waals surface area contributed by atoms with Crippen LogP contribution >= 0.6 is 23.4 Å². The molecule has 7 heteroatoms. The molecule has 1 aromatic heterocycles. The van der Waals surface area contributed by atoms with Crippen LogP contribution < -0.4 is 4.90 Å². The van der Waals surface area contributed by atoms with Gasteiger partial charge in [0.15, 0.2) is 11.0 Å². The zero-order valence-electron chi connectivity index (χ0n) is 16.1. The van der Waals surface area contributed by atoms with Gasteiger partial charge in [0.05, 0.1) is 12.2 Å². The molecule has 28 heavy (non-hydrogen) atoms. The minimum absolute atomic E-state index is 0.255. The van der Waals surface area contributed by atoms with E-state index in [0.29, 0.717) is 17.3 Å². The van der Waals surface area contributed by atoms with Gasteiger partial charge in [0, 0.05) is 18.0 Å². The van der Waals surface area contributed by atoms with Crippen LogP contribution in [0, 0.1) is 5.92 Å². The summed E-state index contributed by atoms with van der Waals surface area (Å²) in [5, 5.41) is 8.54. The fourth-order valence-electron chi connectivity index (χ4n) is 3.39. The number of rotatable bonds is 8. The molecule has 1 aliphatic rings. The number of carbonyl (C=O) groups excluding carboxylic acids is 1. The van der Waals surface area contributed by atoms with E-state index in [-0.39, 0.29) is 5.97 Å². The molecule has 2 heterocycles. The maximum atomic E-state index is 11.7.